The number of halogens is 1. The number of aromatic nitrogens is 4. The van der Waals surface area contributed by atoms with E-state index in [0.717, 1.165) is 15.8 Å². The summed E-state index contributed by atoms with van der Waals surface area (Å²) in [6.07, 6.45) is 4.60. The summed E-state index contributed by atoms with van der Waals surface area (Å²) in [7, 11) is -3.88. The molecule has 1 aromatic carbocycles. The summed E-state index contributed by atoms with van der Waals surface area (Å²) >= 11 is 7.92. The molecular formula is C21H16ClN5O2S2. The lowest BCUT2D eigenvalue weighted by atomic mass is 10.1. The van der Waals surface area contributed by atoms with Gasteiger partial charge in [-0.05, 0) is 36.1 Å². The van der Waals surface area contributed by atoms with E-state index in [4.69, 9.17) is 11.6 Å². The first-order chi connectivity index (χ1) is 14.9. The molecule has 156 valence electrons. The molecule has 0 unspecified atom stereocenters. The highest BCUT2D eigenvalue weighted by Crippen LogP contribution is 2.35. The molecule has 10 heteroatoms. The minimum atomic E-state index is -3.88. The van der Waals surface area contributed by atoms with Crippen LogP contribution >= 0.6 is 22.9 Å². The summed E-state index contributed by atoms with van der Waals surface area (Å²) in [4.78, 5) is 17.8. The summed E-state index contributed by atoms with van der Waals surface area (Å²) in [5.41, 5.74) is 2.10. The molecule has 3 aromatic heterocycles. The van der Waals surface area contributed by atoms with Gasteiger partial charge in [0.1, 0.15) is 5.15 Å². The summed E-state index contributed by atoms with van der Waals surface area (Å²) < 4.78 is 28.0. The topological polar surface area (TPSA) is 97.7 Å². The Morgan fingerprint density at radius 3 is 2.42 bits per heavy atom. The van der Waals surface area contributed by atoms with Crippen LogP contribution in [0.25, 0.3) is 28.9 Å². The number of benzene rings is 1. The van der Waals surface area contributed by atoms with Crippen molar-refractivity contribution in [3.8, 4) is 22.8 Å². The maximum Gasteiger partial charge on any atom is 0.256 e. The van der Waals surface area contributed by atoms with Crippen LogP contribution in [0.3, 0.4) is 0 Å². The van der Waals surface area contributed by atoms with Crippen LogP contribution in [0.5, 0.6) is 0 Å². The fourth-order valence-electron chi connectivity index (χ4n) is 2.71. The molecule has 0 saturated heterocycles. The zero-order valence-corrected chi connectivity index (χ0v) is 18.6. The molecule has 7 nitrogen and oxygen atoms in total. The van der Waals surface area contributed by atoms with Crippen molar-refractivity contribution in [3.63, 3.8) is 0 Å². The van der Waals surface area contributed by atoms with E-state index in [2.05, 4.69) is 24.7 Å². The van der Waals surface area contributed by atoms with Gasteiger partial charge in [-0.2, -0.15) is 0 Å². The van der Waals surface area contributed by atoms with Gasteiger partial charge in [0.25, 0.3) is 10.0 Å². The molecule has 31 heavy (non-hydrogen) atoms. The van der Waals surface area contributed by atoms with E-state index in [1.54, 1.807) is 18.5 Å². The predicted octanol–water partition coefficient (Wildman–Crippen LogP) is 5.04. The van der Waals surface area contributed by atoms with Gasteiger partial charge in [0.05, 0.1) is 11.0 Å². The Morgan fingerprint density at radius 1 is 1.00 bits per heavy atom. The maximum absolute atomic E-state index is 12.8. The Kier molecular flexibility index (Phi) is 6.08. The van der Waals surface area contributed by atoms with Gasteiger partial charge < -0.3 is 0 Å². The summed E-state index contributed by atoms with van der Waals surface area (Å²) in [6, 6.07) is 12.8. The van der Waals surface area contributed by atoms with Crippen LogP contribution in [-0.4, -0.2) is 28.4 Å². The summed E-state index contributed by atoms with van der Waals surface area (Å²) in [5, 5.41) is 3.04. The summed E-state index contributed by atoms with van der Waals surface area (Å²) in [6.45, 7) is 1.96. The molecule has 0 saturated carbocycles. The van der Waals surface area contributed by atoms with Crippen LogP contribution in [-0.2, 0) is 10.0 Å². The fraction of sp³-hybridized carbons (Fsp3) is 0.0476. The summed E-state index contributed by atoms with van der Waals surface area (Å²) in [5.74, 6) is 0.387. The minimum Gasteiger partial charge on any atom is -0.263 e. The van der Waals surface area contributed by atoms with E-state index in [1.165, 1.54) is 17.4 Å². The number of rotatable bonds is 6. The molecule has 0 radical (unpaired) electrons. The molecular weight excluding hydrogens is 454 g/mol. The van der Waals surface area contributed by atoms with Crippen molar-refractivity contribution in [1.29, 1.82) is 0 Å². The highest BCUT2D eigenvalue weighted by molar-refractivity contribution is 7.95. The second kappa shape index (κ2) is 8.93. The first-order valence-corrected chi connectivity index (χ1v) is 11.9. The third kappa shape index (κ3) is 5.13. The normalized spacial score (nSPS) is 11.7. The van der Waals surface area contributed by atoms with Crippen LogP contribution in [0.4, 0.5) is 5.82 Å². The average Bonchev–Trinajstić information content (AvgIpc) is 3.27. The van der Waals surface area contributed by atoms with Crippen LogP contribution in [0.1, 0.15) is 10.4 Å². The van der Waals surface area contributed by atoms with Crippen molar-refractivity contribution < 1.29 is 8.42 Å². The van der Waals surface area contributed by atoms with E-state index in [-0.39, 0.29) is 22.6 Å². The van der Waals surface area contributed by atoms with E-state index in [0.29, 0.717) is 11.1 Å². The highest BCUT2D eigenvalue weighted by Gasteiger charge is 2.20. The van der Waals surface area contributed by atoms with Gasteiger partial charge in [0.2, 0.25) is 5.82 Å². The van der Waals surface area contributed by atoms with Crippen molar-refractivity contribution in [3.05, 3.63) is 81.2 Å². The number of aryl methyl sites for hydroxylation is 1. The SMILES string of the molecule is Cc1ccc(-c2c(Cl)nc(-c3ncccn3)nc2NS(=O)(=O)/C=C/c2cccs2)cc1. The van der Waals surface area contributed by atoms with Crippen LogP contribution in [0, 0.1) is 6.92 Å². The van der Waals surface area contributed by atoms with Crippen molar-refractivity contribution in [2.75, 3.05) is 4.72 Å². The molecule has 0 atom stereocenters. The predicted molar refractivity (Wildman–Crippen MR) is 124 cm³/mol. The lowest BCUT2D eigenvalue weighted by Gasteiger charge is -2.13. The molecule has 0 spiro atoms. The molecule has 3 heterocycles. The van der Waals surface area contributed by atoms with Gasteiger partial charge in [-0.15, -0.1) is 11.3 Å². The van der Waals surface area contributed by atoms with Crippen molar-refractivity contribution in [1.82, 2.24) is 19.9 Å². The van der Waals surface area contributed by atoms with Crippen molar-refractivity contribution >= 4 is 44.9 Å². The zero-order valence-electron chi connectivity index (χ0n) is 16.2. The quantitative estimate of drug-likeness (QED) is 0.397. The van der Waals surface area contributed by atoms with Gasteiger partial charge in [0.15, 0.2) is 11.6 Å². The standard InChI is InChI=1S/C21H16ClN5O2S2/c1-14-5-7-15(8-6-14)17-18(22)25-21(20-23-10-3-11-24-20)26-19(17)27-31(28,29)13-9-16-4-2-12-30-16/h2-13H,1H3,(H,25,26,27)/b13-9+. The largest absolute Gasteiger partial charge is 0.263 e. The number of hydrogen-bond acceptors (Lipinski definition) is 7. The lowest BCUT2D eigenvalue weighted by molar-refractivity contribution is 0.609. The van der Waals surface area contributed by atoms with Crippen molar-refractivity contribution in [2.45, 2.75) is 6.92 Å². The van der Waals surface area contributed by atoms with Crippen molar-refractivity contribution in [2.24, 2.45) is 0 Å². The number of anilines is 1. The first kappa shape index (κ1) is 21.1. The number of hydrogen-bond donors (Lipinski definition) is 1. The lowest BCUT2D eigenvalue weighted by Crippen LogP contribution is -2.13. The van der Waals surface area contributed by atoms with Gasteiger partial charge in [-0.3, -0.25) is 4.72 Å². The monoisotopic (exact) mass is 469 g/mol. The fourth-order valence-corrected chi connectivity index (χ4v) is 4.50. The molecule has 4 rings (SSSR count). The van der Waals surface area contributed by atoms with Gasteiger partial charge in [-0.1, -0.05) is 47.5 Å². The Bertz CT molecular complexity index is 1320. The second-order valence-electron chi connectivity index (χ2n) is 6.47. The molecule has 4 aromatic rings. The Hall–Kier alpha value is -3.14. The van der Waals surface area contributed by atoms with Gasteiger partial charge in [0, 0.05) is 17.3 Å². The van der Waals surface area contributed by atoms with E-state index >= 15 is 0 Å². The van der Waals surface area contributed by atoms with E-state index < -0.39 is 10.0 Å². The second-order valence-corrected chi connectivity index (χ2v) is 9.37. The smallest absolute Gasteiger partial charge is 0.256 e. The Labute approximate surface area is 188 Å². The molecule has 0 fully saturated rings. The van der Waals surface area contributed by atoms with Gasteiger partial charge in [-0.25, -0.2) is 28.4 Å². The van der Waals surface area contributed by atoms with Crippen LogP contribution in [0.2, 0.25) is 5.15 Å². The number of sulfonamides is 1. The molecule has 0 aliphatic carbocycles. The molecule has 0 aliphatic heterocycles. The number of nitrogens with one attached hydrogen (secondary N) is 1. The van der Waals surface area contributed by atoms with Gasteiger partial charge >= 0.3 is 0 Å². The van der Waals surface area contributed by atoms with E-state index in [9.17, 15) is 8.42 Å². The first-order valence-electron chi connectivity index (χ1n) is 9.08. The molecule has 1 N–H and O–H groups in total. The highest BCUT2D eigenvalue weighted by atomic mass is 35.5. The minimum absolute atomic E-state index is 0.0436. The average molecular weight is 470 g/mol. The zero-order chi connectivity index (χ0) is 21.8. The molecule has 0 amide bonds. The Morgan fingerprint density at radius 2 is 1.74 bits per heavy atom. The van der Waals surface area contributed by atoms with Crippen LogP contribution < -0.4 is 4.72 Å². The molecule has 0 bridgehead atoms. The maximum atomic E-state index is 12.8. The Balaban J connectivity index is 1.81. The number of thiophene rings is 1. The van der Waals surface area contributed by atoms with E-state index in [1.807, 2.05) is 48.7 Å². The molecule has 0 aliphatic rings. The van der Waals surface area contributed by atoms with Crippen LogP contribution in [0.15, 0.2) is 65.6 Å². The third-order valence-electron chi connectivity index (χ3n) is 4.16. The number of nitrogens with zero attached hydrogens (tertiary/aromatic N) is 4. The third-order valence-corrected chi connectivity index (χ3v) is 6.25.